The molecule has 1 N–H and O–H groups in total. The van der Waals surface area contributed by atoms with Crippen molar-refractivity contribution < 1.29 is 9.21 Å². The monoisotopic (exact) mass is 179 g/mol. The van der Waals surface area contributed by atoms with E-state index in [1.807, 2.05) is 0 Å². The highest BCUT2D eigenvalue weighted by atomic mass is 16.3. The number of rotatable bonds is 2. The zero-order valence-electron chi connectivity index (χ0n) is 7.45. The molecule has 3 nitrogen and oxygen atoms in total. The minimum absolute atomic E-state index is 0.427. The molecule has 1 saturated heterocycles. The Bertz CT molecular complexity index is 287. The maximum absolute atomic E-state index is 10.7. The number of hydrogen-bond donors (Lipinski definition) is 1. The number of aldehydes is 1. The van der Waals surface area contributed by atoms with Crippen molar-refractivity contribution in [2.24, 2.45) is 0 Å². The molecule has 0 atom stereocenters. The number of carbonyl (C=O) groups excluding carboxylic acids is 1. The molecular weight excluding hydrogens is 166 g/mol. The van der Waals surface area contributed by atoms with E-state index in [0.29, 0.717) is 11.5 Å². The topological polar surface area (TPSA) is 42.2 Å². The van der Waals surface area contributed by atoms with Gasteiger partial charge >= 0.3 is 0 Å². The lowest BCUT2D eigenvalue weighted by atomic mass is 9.93. The molecule has 1 aromatic rings. The van der Waals surface area contributed by atoms with E-state index in [4.69, 9.17) is 4.42 Å². The largest absolute Gasteiger partial charge is 0.468 e. The highest BCUT2D eigenvalue weighted by Crippen LogP contribution is 2.27. The maximum atomic E-state index is 10.7. The van der Waals surface area contributed by atoms with Gasteiger partial charge in [0.1, 0.15) is 5.76 Å². The van der Waals surface area contributed by atoms with Gasteiger partial charge in [0, 0.05) is 5.92 Å². The van der Waals surface area contributed by atoms with E-state index in [1.165, 1.54) is 0 Å². The van der Waals surface area contributed by atoms with E-state index in [0.717, 1.165) is 38.0 Å². The molecule has 3 heteroatoms. The predicted molar refractivity (Wildman–Crippen MR) is 48.9 cm³/mol. The van der Waals surface area contributed by atoms with Crippen LogP contribution in [0.15, 0.2) is 16.7 Å². The Morgan fingerprint density at radius 3 is 2.92 bits per heavy atom. The van der Waals surface area contributed by atoms with E-state index in [9.17, 15) is 4.79 Å². The van der Waals surface area contributed by atoms with Gasteiger partial charge in [-0.1, -0.05) is 0 Å². The molecule has 0 spiro atoms. The third-order valence-corrected chi connectivity index (χ3v) is 2.56. The summed E-state index contributed by atoms with van der Waals surface area (Å²) < 4.78 is 5.34. The van der Waals surface area contributed by atoms with E-state index in [-0.39, 0.29) is 0 Å². The number of nitrogens with one attached hydrogen (secondary N) is 1. The molecule has 0 unspecified atom stereocenters. The summed E-state index contributed by atoms with van der Waals surface area (Å²) >= 11 is 0. The Labute approximate surface area is 77.1 Å². The molecule has 1 aliphatic heterocycles. The zero-order valence-corrected chi connectivity index (χ0v) is 7.45. The lowest BCUT2D eigenvalue weighted by Crippen LogP contribution is -2.26. The maximum Gasteiger partial charge on any atom is 0.153 e. The lowest BCUT2D eigenvalue weighted by molar-refractivity contribution is 0.112. The van der Waals surface area contributed by atoms with E-state index >= 15 is 0 Å². The Hall–Kier alpha value is -1.09. The van der Waals surface area contributed by atoms with Crippen LogP contribution in [-0.2, 0) is 0 Å². The fourth-order valence-corrected chi connectivity index (χ4v) is 1.84. The smallest absolute Gasteiger partial charge is 0.153 e. The Balaban J connectivity index is 2.17. The van der Waals surface area contributed by atoms with Crippen LogP contribution in [-0.4, -0.2) is 19.4 Å². The van der Waals surface area contributed by atoms with Crippen LogP contribution in [0.4, 0.5) is 0 Å². The van der Waals surface area contributed by atoms with Crippen molar-refractivity contribution in [2.45, 2.75) is 18.8 Å². The lowest BCUT2D eigenvalue weighted by Gasteiger charge is -2.20. The van der Waals surface area contributed by atoms with Gasteiger partial charge in [0.2, 0.25) is 0 Å². The Kier molecular flexibility index (Phi) is 2.45. The first-order valence-corrected chi connectivity index (χ1v) is 4.65. The summed E-state index contributed by atoms with van der Waals surface area (Å²) in [7, 11) is 0. The van der Waals surface area contributed by atoms with Crippen molar-refractivity contribution in [3.63, 3.8) is 0 Å². The third-order valence-electron chi connectivity index (χ3n) is 2.56. The minimum atomic E-state index is 0.427. The minimum Gasteiger partial charge on any atom is -0.468 e. The van der Waals surface area contributed by atoms with Gasteiger partial charge in [0.05, 0.1) is 11.8 Å². The van der Waals surface area contributed by atoms with Gasteiger partial charge < -0.3 is 9.73 Å². The van der Waals surface area contributed by atoms with Crippen LogP contribution in [0.3, 0.4) is 0 Å². The highest BCUT2D eigenvalue weighted by molar-refractivity contribution is 5.76. The van der Waals surface area contributed by atoms with Crippen molar-refractivity contribution in [3.8, 4) is 0 Å². The summed E-state index contributed by atoms with van der Waals surface area (Å²) in [6, 6.07) is 1.74. The van der Waals surface area contributed by atoms with Gasteiger partial charge in [-0.05, 0) is 32.0 Å². The van der Waals surface area contributed by atoms with Crippen LogP contribution in [0, 0.1) is 0 Å². The van der Waals surface area contributed by atoms with Gasteiger partial charge in [0.15, 0.2) is 6.29 Å². The van der Waals surface area contributed by atoms with Crippen molar-refractivity contribution in [2.75, 3.05) is 13.1 Å². The van der Waals surface area contributed by atoms with Crippen LogP contribution < -0.4 is 5.32 Å². The first-order valence-electron chi connectivity index (χ1n) is 4.65. The summed E-state index contributed by atoms with van der Waals surface area (Å²) in [5.41, 5.74) is 0.715. The number of piperidine rings is 1. The van der Waals surface area contributed by atoms with Crippen molar-refractivity contribution in [3.05, 3.63) is 23.7 Å². The van der Waals surface area contributed by atoms with E-state index < -0.39 is 0 Å². The molecule has 2 rings (SSSR count). The third kappa shape index (κ3) is 1.65. The molecule has 0 amide bonds. The summed E-state index contributed by atoms with van der Waals surface area (Å²) in [5.74, 6) is 1.30. The molecule has 13 heavy (non-hydrogen) atoms. The molecule has 1 aromatic heterocycles. The number of carbonyl (C=O) groups is 1. The first-order chi connectivity index (χ1) is 6.42. The van der Waals surface area contributed by atoms with Gasteiger partial charge in [-0.15, -0.1) is 0 Å². The average molecular weight is 179 g/mol. The molecule has 0 aliphatic carbocycles. The molecule has 1 aliphatic rings. The predicted octanol–water partition coefficient (Wildman–Crippen LogP) is 1.56. The molecular formula is C10H13NO2. The first kappa shape index (κ1) is 8.51. The van der Waals surface area contributed by atoms with E-state index in [1.54, 1.807) is 12.3 Å². The fourth-order valence-electron chi connectivity index (χ4n) is 1.84. The number of hydrogen-bond acceptors (Lipinski definition) is 3. The summed E-state index contributed by atoms with van der Waals surface area (Å²) in [4.78, 5) is 10.7. The van der Waals surface area contributed by atoms with E-state index in [2.05, 4.69) is 5.32 Å². The molecule has 2 heterocycles. The van der Waals surface area contributed by atoms with Gasteiger partial charge in [-0.3, -0.25) is 4.79 Å². The summed E-state index contributed by atoms with van der Waals surface area (Å²) in [5, 5.41) is 3.28. The van der Waals surface area contributed by atoms with Gasteiger partial charge in [0.25, 0.3) is 0 Å². The van der Waals surface area contributed by atoms with Gasteiger partial charge in [-0.2, -0.15) is 0 Å². The van der Waals surface area contributed by atoms with Gasteiger partial charge in [-0.25, -0.2) is 0 Å². The molecule has 0 saturated carbocycles. The van der Waals surface area contributed by atoms with Crippen LogP contribution in [0.25, 0.3) is 0 Å². The van der Waals surface area contributed by atoms with Crippen LogP contribution in [0.2, 0.25) is 0 Å². The van der Waals surface area contributed by atoms with Crippen molar-refractivity contribution >= 4 is 6.29 Å². The normalized spacial score (nSPS) is 18.8. The molecule has 0 bridgehead atoms. The van der Waals surface area contributed by atoms with Crippen molar-refractivity contribution in [1.29, 1.82) is 0 Å². The Morgan fingerprint density at radius 2 is 2.23 bits per heavy atom. The average Bonchev–Trinajstić information content (AvgIpc) is 2.67. The second-order valence-corrected chi connectivity index (χ2v) is 3.38. The second-order valence-electron chi connectivity index (χ2n) is 3.38. The molecule has 0 radical (unpaired) electrons. The highest BCUT2D eigenvalue weighted by Gasteiger charge is 2.20. The van der Waals surface area contributed by atoms with Crippen LogP contribution in [0.5, 0.6) is 0 Å². The number of furan rings is 1. The van der Waals surface area contributed by atoms with Crippen LogP contribution in [0.1, 0.15) is 34.9 Å². The second kappa shape index (κ2) is 3.75. The fraction of sp³-hybridized carbons (Fsp3) is 0.500. The molecule has 0 aromatic carbocycles. The quantitative estimate of drug-likeness (QED) is 0.700. The van der Waals surface area contributed by atoms with Crippen molar-refractivity contribution in [1.82, 2.24) is 5.32 Å². The Morgan fingerprint density at radius 1 is 1.46 bits per heavy atom. The molecule has 70 valence electrons. The zero-order chi connectivity index (χ0) is 9.10. The molecule has 1 fully saturated rings. The van der Waals surface area contributed by atoms with Crippen LogP contribution >= 0.6 is 0 Å². The summed E-state index contributed by atoms with van der Waals surface area (Å²) in [6.07, 6.45) is 4.60. The summed E-state index contributed by atoms with van der Waals surface area (Å²) in [6.45, 7) is 2.04. The SMILES string of the molecule is O=Cc1ccoc1C1CCNCC1. The standard InChI is InChI=1S/C10H13NO2/c12-7-9-3-6-13-10(9)8-1-4-11-5-2-8/h3,6-8,11H,1-2,4-5H2.